The molecular weight excluding hydrogens is 1280 g/mol. The van der Waals surface area contributed by atoms with Crippen molar-refractivity contribution in [3.63, 3.8) is 0 Å². The summed E-state index contributed by atoms with van der Waals surface area (Å²) in [4.78, 5) is 153. The average Bonchev–Trinajstić information content (AvgIpc) is 0.825. The van der Waals surface area contributed by atoms with Gasteiger partial charge in [-0.15, -0.1) is 0 Å². The second-order valence-corrected chi connectivity index (χ2v) is 26.7. The standard InChI is InChI=1S/C69H117N7O22/c1-42-44(3)57(39-93-51(10)78)96-67(48(42)7)90-34-19-16-30-70-61(84)26-24-54(81)37-76(38-64(87)74-36-63(86)72-29-15-13-14-18-33-92-69-66(75-50(9)77)47(6)46(5)59(98-69)41-95-53(12)80)55(28-32-73-60(83)22-21-23-65(88)89)56(82)25-27-62(85)71-31-17-20-35-91-68-49(8)43(2)45(4)58(97-68)40-94-52(11)79/h42-49,55,57-59,66-69H,13-41H2,1-12H3,(H,70,84)(H,71,85)(H,72,86)(H,73,83)(H,74,87)(H,75,77)(H,88,89)/t42-,43-,44+,45+,46+,47-,48?,49?,55?,57?,58?,59?,66?,67+,68+,69+/m0/s1. The van der Waals surface area contributed by atoms with Gasteiger partial charge in [0.05, 0.1) is 50.0 Å². The van der Waals surface area contributed by atoms with E-state index in [0.29, 0.717) is 64.8 Å². The van der Waals surface area contributed by atoms with Gasteiger partial charge in [-0.05, 0) is 86.9 Å². The van der Waals surface area contributed by atoms with Crippen molar-refractivity contribution < 1.29 is 105 Å². The lowest BCUT2D eigenvalue weighted by atomic mass is 9.79. The van der Waals surface area contributed by atoms with Gasteiger partial charge < -0.3 is 79.6 Å². The zero-order valence-corrected chi connectivity index (χ0v) is 60.2. The SMILES string of the molecule is CC(=O)NC1[C@H](OCCCCCCNC(=O)CNC(=O)CN(CC(=O)CCC(=O)NCCCCO[C@@H]2OC(COC(C)=O)[C@H](C)[C@H](C)C2C)C(CCNC(=O)CCCC(=O)O)C(=O)CCC(=O)NCCCCO[C@@H]2OC(COC(C)=O)[C@H](C)[C@H](C)C2C)OC(COC(C)=O)[C@H](C)[C@@H]1C. The minimum absolute atomic E-state index is 0.0365. The van der Waals surface area contributed by atoms with Crippen LogP contribution in [0.4, 0.5) is 0 Å². The van der Waals surface area contributed by atoms with Gasteiger partial charge in [0.25, 0.3) is 0 Å². The molecule has 7 unspecified atom stereocenters. The molecule has 560 valence electrons. The molecule has 29 nitrogen and oxygen atoms in total. The molecule has 3 aliphatic rings. The fourth-order valence-electron chi connectivity index (χ4n) is 12.0. The number of carbonyl (C=O) groups excluding carboxylic acids is 11. The molecule has 29 heteroatoms. The van der Waals surface area contributed by atoms with Crippen LogP contribution in [0.1, 0.15) is 186 Å². The summed E-state index contributed by atoms with van der Waals surface area (Å²) >= 11 is 0. The molecule has 0 bridgehead atoms. The molecule has 7 N–H and O–H groups in total. The molecule has 3 fully saturated rings. The summed E-state index contributed by atoms with van der Waals surface area (Å²) in [6, 6.07) is -1.65. The summed E-state index contributed by atoms with van der Waals surface area (Å²) in [6.07, 6.45) is 0.584. The fourth-order valence-corrected chi connectivity index (χ4v) is 12.0. The van der Waals surface area contributed by atoms with Crippen LogP contribution in [0.15, 0.2) is 0 Å². The molecule has 0 saturated carbocycles. The van der Waals surface area contributed by atoms with Gasteiger partial charge in [-0.3, -0.25) is 62.4 Å². The van der Waals surface area contributed by atoms with Crippen molar-refractivity contribution in [2.75, 3.05) is 85.5 Å². The van der Waals surface area contributed by atoms with E-state index in [2.05, 4.69) is 59.6 Å². The Morgan fingerprint density at radius 2 is 0.827 bits per heavy atom. The number of hydrogen-bond acceptors (Lipinski definition) is 22. The average molecular weight is 1400 g/mol. The number of amides is 6. The Bertz CT molecular complexity index is 2530. The zero-order valence-electron chi connectivity index (χ0n) is 60.2. The van der Waals surface area contributed by atoms with Gasteiger partial charge in [0, 0.05) is 124 Å². The Hall–Kier alpha value is -6.24. The molecule has 0 aromatic heterocycles. The predicted molar refractivity (Wildman–Crippen MR) is 357 cm³/mol. The Morgan fingerprint density at radius 3 is 1.32 bits per heavy atom. The summed E-state index contributed by atoms with van der Waals surface area (Å²) in [6.45, 7) is 22.3. The highest BCUT2D eigenvalue weighted by molar-refractivity contribution is 5.92. The second kappa shape index (κ2) is 47.0. The Balaban J connectivity index is 1.63. The highest BCUT2D eigenvalue weighted by Crippen LogP contribution is 2.37. The van der Waals surface area contributed by atoms with Gasteiger partial charge in [0.15, 0.2) is 24.7 Å². The highest BCUT2D eigenvalue weighted by atomic mass is 16.7. The van der Waals surface area contributed by atoms with Crippen LogP contribution in [0.25, 0.3) is 0 Å². The number of rotatable bonds is 48. The Morgan fingerprint density at radius 1 is 0.408 bits per heavy atom. The van der Waals surface area contributed by atoms with Gasteiger partial charge in [0.1, 0.15) is 25.6 Å². The molecule has 0 aromatic carbocycles. The van der Waals surface area contributed by atoms with E-state index in [4.69, 9.17) is 47.7 Å². The fraction of sp³-hybridized carbons (Fsp3) is 0.826. The maximum atomic E-state index is 14.4. The number of unbranched alkanes of at least 4 members (excludes halogenated alkanes) is 5. The molecule has 3 rings (SSSR count). The van der Waals surface area contributed by atoms with E-state index in [-0.39, 0.29) is 163 Å². The van der Waals surface area contributed by atoms with Crippen LogP contribution in [0.2, 0.25) is 0 Å². The van der Waals surface area contributed by atoms with Gasteiger partial charge in [-0.2, -0.15) is 0 Å². The van der Waals surface area contributed by atoms with Crippen molar-refractivity contribution in [2.24, 2.45) is 47.3 Å². The number of ketones is 2. The van der Waals surface area contributed by atoms with Crippen molar-refractivity contribution in [1.82, 2.24) is 36.8 Å². The van der Waals surface area contributed by atoms with Gasteiger partial charge in [-0.1, -0.05) is 68.2 Å². The van der Waals surface area contributed by atoms with Gasteiger partial charge in [0.2, 0.25) is 35.4 Å². The third-order valence-corrected chi connectivity index (χ3v) is 19.0. The number of nitrogens with zero attached hydrogens (tertiary/aromatic N) is 1. The molecule has 3 aliphatic heterocycles. The lowest BCUT2D eigenvalue weighted by Crippen LogP contribution is -2.58. The molecule has 98 heavy (non-hydrogen) atoms. The number of nitrogens with one attached hydrogen (secondary N) is 6. The summed E-state index contributed by atoms with van der Waals surface area (Å²) < 4.78 is 52.5. The van der Waals surface area contributed by atoms with E-state index in [0.717, 1.165) is 6.42 Å². The number of carbonyl (C=O) groups is 12. The quantitative estimate of drug-likeness (QED) is 0.0255. The third kappa shape index (κ3) is 33.7. The van der Waals surface area contributed by atoms with E-state index in [1.165, 1.54) is 32.6 Å². The van der Waals surface area contributed by atoms with Crippen LogP contribution < -0.4 is 31.9 Å². The number of carboxylic acids is 1. The molecule has 0 aliphatic carbocycles. The molecule has 6 amide bonds. The number of esters is 3. The monoisotopic (exact) mass is 1400 g/mol. The number of hydrogen-bond donors (Lipinski definition) is 7. The molecule has 16 atom stereocenters. The molecule has 3 heterocycles. The van der Waals surface area contributed by atoms with Crippen molar-refractivity contribution in [1.29, 1.82) is 0 Å². The normalized spacial score (nSPS) is 25.6. The molecular formula is C69H117N7O22. The van der Waals surface area contributed by atoms with Crippen LogP contribution in [-0.2, 0) is 100 Å². The van der Waals surface area contributed by atoms with Crippen LogP contribution in [-0.4, -0.2) is 216 Å². The van der Waals surface area contributed by atoms with Crippen LogP contribution in [0.3, 0.4) is 0 Å². The first-order valence-corrected chi connectivity index (χ1v) is 35.3. The van der Waals surface area contributed by atoms with Gasteiger partial charge >= 0.3 is 23.9 Å². The largest absolute Gasteiger partial charge is 0.481 e. The molecule has 3 saturated heterocycles. The first kappa shape index (κ1) is 86.0. The van der Waals surface area contributed by atoms with E-state index in [1.54, 1.807) is 0 Å². The van der Waals surface area contributed by atoms with Crippen LogP contribution in [0.5, 0.6) is 0 Å². The van der Waals surface area contributed by atoms with Crippen LogP contribution in [0, 0.1) is 47.3 Å². The lowest BCUT2D eigenvalue weighted by molar-refractivity contribution is -0.255. The Kier molecular flexibility index (Phi) is 41.2. The number of aliphatic carboxylic acids is 1. The topological polar surface area (TPSA) is 384 Å². The van der Waals surface area contributed by atoms with Crippen LogP contribution >= 0.6 is 0 Å². The van der Waals surface area contributed by atoms with E-state index >= 15 is 0 Å². The number of carboxylic acid groups (broad SMARTS) is 1. The zero-order chi connectivity index (χ0) is 72.9. The Labute approximate surface area is 578 Å². The first-order chi connectivity index (χ1) is 46.5. The molecule has 0 spiro atoms. The van der Waals surface area contributed by atoms with Crippen molar-refractivity contribution in [2.45, 2.75) is 235 Å². The summed E-state index contributed by atoms with van der Waals surface area (Å²) in [5.74, 6) is -5.28. The summed E-state index contributed by atoms with van der Waals surface area (Å²) in [5, 5.41) is 25.7. The van der Waals surface area contributed by atoms with Crippen molar-refractivity contribution >= 4 is 70.9 Å². The first-order valence-electron chi connectivity index (χ1n) is 35.3. The van der Waals surface area contributed by atoms with Crippen molar-refractivity contribution in [3.05, 3.63) is 0 Å². The van der Waals surface area contributed by atoms with Gasteiger partial charge in [-0.25, -0.2) is 0 Å². The summed E-state index contributed by atoms with van der Waals surface area (Å²) in [5.41, 5.74) is 0. The smallest absolute Gasteiger partial charge is 0.303 e. The van der Waals surface area contributed by atoms with E-state index in [9.17, 15) is 57.5 Å². The maximum absolute atomic E-state index is 14.4. The second-order valence-electron chi connectivity index (χ2n) is 26.7. The minimum atomic E-state index is -1.23. The highest BCUT2D eigenvalue weighted by Gasteiger charge is 2.44. The predicted octanol–water partition coefficient (Wildman–Crippen LogP) is 4.21. The summed E-state index contributed by atoms with van der Waals surface area (Å²) in [7, 11) is 0. The maximum Gasteiger partial charge on any atom is 0.303 e. The molecule has 0 aromatic rings. The third-order valence-electron chi connectivity index (χ3n) is 19.0. The van der Waals surface area contributed by atoms with E-state index < -0.39 is 122 Å². The van der Waals surface area contributed by atoms with E-state index in [1.807, 2.05) is 27.7 Å². The number of Topliss-reactive ketones (excluding diaryl/α,β-unsaturated/α-hetero) is 2. The number of ether oxygens (including phenoxy) is 9. The van der Waals surface area contributed by atoms with Crippen molar-refractivity contribution in [3.8, 4) is 0 Å². The lowest BCUT2D eigenvalue weighted by Gasteiger charge is -2.44. The molecule has 0 radical (unpaired) electrons. The minimum Gasteiger partial charge on any atom is -0.481 e.